The van der Waals surface area contributed by atoms with E-state index in [2.05, 4.69) is 5.10 Å². The average Bonchev–Trinajstić information content (AvgIpc) is 2.64. The maximum absolute atomic E-state index is 11.5. The third kappa shape index (κ3) is 2.80. The van der Waals surface area contributed by atoms with E-state index in [1.165, 1.54) is 21.8 Å². The standard InChI is InChI=1S/C9H14N4O3/c1-12(2)8(14)7-3-4-13(11-7)5-6(10)9(15)16/h3-4,6H,5,10H2,1-2H3,(H,15,16). The van der Waals surface area contributed by atoms with Crippen LogP contribution in [0.15, 0.2) is 12.3 Å². The zero-order valence-corrected chi connectivity index (χ0v) is 9.12. The van der Waals surface area contributed by atoms with Gasteiger partial charge in [0.1, 0.15) is 11.7 Å². The van der Waals surface area contributed by atoms with Crippen LogP contribution < -0.4 is 5.73 Å². The smallest absolute Gasteiger partial charge is 0.322 e. The number of rotatable bonds is 4. The third-order valence-electron chi connectivity index (χ3n) is 1.97. The normalized spacial score (nSPS) is 12.2. The van der Waals surface area contributed by atoms with Crippen LogP contribution in [0, 0.1) is 0 Å². The highest BCUT2D eigenvalue weighted by atomic mass is 16.4. The molecule has 3 N–H and O–H groups in total. The fourth-order valence-electron chi connectivity index (χ4n) is 1.09. The zero-order valence-electron chi connectivity index (χ0n) is 9.12. The van der Waals surface area contributed by atoms with Crippen molar-refractivity contribution in [2.24, 2.45) is 5.73 Å². The monoisotopic (exact) mass is 226 g/mol. The molecule has 0 saturated carbocycles. The predicted molar refractivity (Wildman–Crippen MR) is 55.9 cm³/mol. The number of nitrogens with zero attached hydrogens (tertiary/aromatic N) is 3. The first-order valence-corrected chi connectivity index (χ1v) is 4.65. The number of amides is 1. The molecule has 1 heterocycles. The highest BCUT2D eigenvalue weighted by Crippen LogP contribution is 1.99. The van der Waals surface area contributed by atoms with Crippen LogP contribution in [0.25, 0.3) is 0 Å². The maximum atomic E-state index is 11.5. The first kappa shape index (κ1) is 12.2. The van der Waals surface area contributed by atoms with Gasteiger partial charge in [-0.2, -0.15) is 5.10 Å². The van der Waals surface area contributed by atoms with Crippen molar-refractivity contribution in [3.05, 3.63) is 18.0 Å². The highest BCUT2D eigenvalue weighted by molar-refractivity contribution is 5.91. The Morgan fingerprint density at radius 2 is 2.25 bits per heavy atom. The average molecular weight is 226 g/mol. The third-order valence-corrected chi connectivity index (χ3v) is 1.97. The van der Waals surface area contributed by atoms with Crippen molar-refractivity contribution in [2.45, 2.75) is 12.6 Å². The van der Waals surface area contributed by atoms with Crippen molar-refractivity contribution in [1.82, 2.24) is 14.7 Å². The summed E-state index contributed by atoms with van der Waals surface area (Å²) in [6.07, 6.45) is 1.53. The number of hydrogen-bond donors (Lipinski definition) is 2. The van der Waals surface area contributed by atoms with E-state index in [-0.39, 0.29) is 18.1 Å². The van der Waals surface area contributed by atoms with Crippen LogP contribution in [0.4, 0.5) is 0 Å². The Morgan fingerprint density at radius 1 is 1.62 bits per heavy atom. The lowest BCUT2D eigenvalue weighted by Gasteiger charge is -2.08. The van der Waals surface area contributed by atoms with Crippen molar-refractivity contribution in [2.75, 3.05) is 14.1 Å². The van der Waals surface area contributed by atoms with Crippen molar-refractivity contribution in [3.8, 4) is 0 Å². The highest BCUT2D eigenvalue weighted by Gasteiger charge is 2.15. The number of carboxylic acid groups (broad SMARTS) is 1. The van der Waals surface area contributed by atoms with Gasteiger partial charge >= 0.3 is 5.97 Å². The van der Waals surface area contributed by atoms with E-state index in [1.54, 1.807) is 14.1 Å². The number of aliphatic carboxylic acids is 1. The topological polar surface area (TPSA) is 101 Å². The van der Waals surface area contributed by atoms with Gasteiger partial charge < -0.3 is 15.7 Å². The maximum Gasteiger partial charge on any atom is 0.322 e. The molecular formula is C9H14N4O3. The quantitative estimate of drug-likeness (QED) is 0.685. The van der Waals surface area contributed by atoms with Crippen LogP contribution in [0.2, 0.25) is 0 Å². The molecule has 7 nitrogen and oxygen atoms in total. The summed E-state index contributed by atoms with van der Waals surface area (Å²) in [5.74, 6) is -1.33. The van der Waals surface area contributed by atoms with Gasteiger partial charge in [-0.3, -0.25) is 14.3 Å². The lowest BCUT2D eigenvalue weighted by Crippen LogP contribution is -2.35. The SMILES string of the molecule is CN(C)C(=O)c1ccn(CC(N)C(=O)O)n1. The minimum absolute atomic E-state index is 0.0377. The molecule has 0 aliphatic heterocycles. The summed E-state index contributed by atoms with van der Waals surface area (Å²) >= 11 is 0. The van der Waals surface area contributed by atoms with Crippen LogP contribution in [0.5, 0.6) is 0 Å². The van der Waals surface area contributed by atoms with Gasteiger partial charge in [0, 0.05) is 20.3 Å². The van der Waals surface area contributed by atoms with E-state index in [1.807, 2.05) is 0 Å². The Bertz CT molecular complexity index is 399. The second-order valence-electron chi connectivity index (χ2n) is 3.57. The van der Waals surface area contributed by atoms with Crippen molar-refractivity contribution < 1.29 is 14.7 Å². The number of nitrogens with two attached hydrogens (primary N) is 1. The second-order valence-corrected chi connectivity index (χ2v) is 3.57. The first-order chi connectivity index (χ1) is 7.41. The number of carboxylic acids is 1. The number of carbonyl (C=O) groups is 2. The summed E-state index contributed by atoms with van der Waals surface area (Å²) < 4.78 is 1.34. The second kappa shape index (κ2) is 4.75. The molecule has 1 rings (SSSR count). The summed E-state index contributed by atoms with van der Waals surface area (Å²) in [5.41, 5.74) is 5.60. The van der Waals surface area contributed by atoms with Gasteiger partial charge in [0.25, 0.3) is 5.91 Å². The molecule has 0 aliphatic carbocycles. The van der Waals surface area contributed by atoms with E-state index in [4.69, 9.17) is 10.8 Å². The molecule has 1 aromatic heterocycles. The summed E-state index contributed by atoms with van der Waals surface area (Å²) in [6, 6.07) is 0.499. The van der Waals surface area contributed by atoms with Crippen LogP contribution in [-0.4, -0.2) is 51.8 Å². The fraction of sp³-hybridized carbons (Fsp3) is 0.444. The molecule has 1 unspecified atom stereocenters. The first-order valence-electron chi connectivity index (χ1n) is 4.65. The Balaban J connectivity index is 2.72. The molecule has 16 heavy (non-hydrogen) atoms. The Morgan fingerprint density at radius 3 is 2.75 bits per heavy atom. The zero-order chi connectivity index (χ0) is 12.3. The molecule has 7 heteroatoms. The minimum Gasteiger partial charge on any atom is -0.480 e. The summed E-state index contributed by atoms with van der Waals surface area (Å²) in [4.78, 5) is 23.4. The largest absolute Gasteiger partial charge is 0.480 e. The molecular weight excluding hydrogens is 212 g/mol. The van der Waals surface area contributed by atoms with E-state index >= 15 is 0 Å². The summed E-state index contributed by atoms with van der Waals surface area (Å²) in [5, 5.41) is 12.5. The van der Waals surface area contributed by atoms with E-state index < -0.39 is 12.0 Å². The molecule has 0 fully saturated rings. The number of aromatic nitrogens is 2. The molecule has 1 amide bonds. The van der Waals surface area contributed by atoms with Crippen molar-refractivity contribution >= 4 is 11.9 Å². The predicted octanol–water partition coefficient (Wildman–Crippen LogP) is -1.00. The molecule has 1 atom stereocenters. The van der Waals surface area contributed by atoms with Crippen LogP contribution in [-0.2, 0) is 11.3 Å². The van der Waals surface area contributed by atoms with E-state index in [0.29, 0.717) is 0 Å². The van der Waals surface area contributed by atoms with Gasteiger partial charge in [0.15, 0.2) is 0 Å². The Hall–Kier alpha value is -1.89. The number of carbonyl (C=O) groups excluding carboxylic acids is 1. The van der Waals surface area contributed by atoms with Gasteiger partial charge in [0.2, 0.25) is 0 Å². The molecule has 88 valence electrons. The van der Waals surface area contributed by atoms with Crippen LogP contribution in [0.3, 0.4) is 0 Å². The van der Waals surface area contributed by atoms with Crippen molar-refractivity contribution in [1.29, 1.82) is 0 Å². The summed E-state index contributed by atoms with van der Waals surface area (Å²) in [6.45, 7) is 0.0377. The molecule has 0 aromatic carbocycles. The van der Waals surface area contributed by atoms with Crippen LogP contribution >= 0.6 is 0 Å². The van der Waals surface area contributed by atoms with Gasteiger partial charge in [0.05, 0.1) is 6.54 Å². The van der Waals surface area contributed by atoms with Gasteiger partial charge in [-0.05, 0) is 6.07 Å². The van der Waals surface area contributed by atoms with E-state index in [0.717, 1.165) is 0 Å². The molecule has 0 bridgehead atoms. The molecule has 0 saturated heterocycles. The van der Waals surface area contributed by atoms with Gasteiger partial charge in [-0.15, -0.1) is 0 Å². The molecule has 1 aromatic rings. The van der Waals surface area contributed by atoms with Crippen LogP contribution in [0.1, 0.15) is 10.5 Å². The summed E-state index contributed by atoms with van der Waals surface area (Å²) in [7, 11) is 3.23. The number of hydrogen-bond acceptors (Lipinski definition) is 4. The van der Waals surface area contributed by atoms with Gasteiger partial charge in [-0.25, -0.2) is 0 Å². The van der Waals surface area contributed by atoms with Gasteiger partial charge in [-0.1, -0.05) is 0 Å². The minimum atomic E-state index is -1.10. The van der Waals surface area contributed by atoms with Crippen molar-refractivity contribution in [3.63, 3.8) is 0 Å². The Labute approximate surface area is 92.4 Å². The lowest BCUT2D eigenvalue weighted by molar-refractivity contribution is -0.138. The lowest BCUT2D eigenvalue weighted by atomic mass is 10.3. The fourth-order valence-corrected chi connectivity index (χ4v) is 1.09. The molecule has 0 spiro atoms. The Kier molecular flexibility index (Phi) is 3.62. The van der Waals surface area contributed by atoms with E-state index in [9.17, 15) is 9.59 Å². The molecule has 0 radical (unpaired) electrons. The molecule has 0 aliphatic rings.